The van der Waals surface area contributed by atoms with Crippen LogP contribution in [0.5, 0.6) is 0 Å². The molecule has 1 aliphatic heterocycles. The van der Waals surface area contributed by atoms with E-state index >= 15 is 8.78 Å². The van der Waals surface area contributed by atoms with E-state index in [1.807, 2.05) is 19.1 Å². The molecule has 1 saturated heterocycles. The van der Waals surface area contributed by atoms with Gasteiger partial charge in [-0.3, -0.25) is 0 Å². The van der Waals surface area contributed by atoms with Crippen LogP contribution in [0.4, 0.5) is 17.6 Å². The lowest BCUT2D eigenvalue weighted by Crippen LogP contribution is -2.25. The summed E-state index contributed by atoms with van der Waals surface area (Å²) in [5.74, 6) is -3.66. The molecule has 0 saturated carbocycles. The first-order chi connectivity index (χ1) is 17.9. The van der Waals surface area contributed by atoms with Crippen molar-refractivity contribution in [2.24, 2.45) is 0 Å². The number of rotatable bonds is 9. The Morgan fingerprint density at radius 1 is 0.811 bits per heavy atom. The minimum absolute atomic E-state index is 0.135. The molecule has 5 heteroatoms. The van der Waals surface area contributed by atoms with E-state index in [9.17, 15) is 8.78 Å². The van der Waals surface area contributed by atoms with E-state index in [0.29, 0.717) is 41.7 Å². The predicted molar refractivity (Wildman–Crippen MR) is 142 cm³/mol. The van der Waals surface area contributed by atoms with E-state index in [1.165, 1.54) is 0 Å². The molecule has 4 rings (SSSR count). The van der Waals surface area contributed by atoms with Gasteiger partial charge in [-0.15, -0.1) is 0 Å². The van der Waals surface area contributed by atoms with Gasteiger partial charge in [0.1, 0.15) is 0 Å². The van der Waals surface area contributed by atoms with Gasteiger partial charge in [0.25, 0.3) is 0 Å². The van der Waals surface area contributed by atoms with Crippen molar-refractivity contribution < 1.29 is 22.3 Å². The molecule has 0 amide bonds. The number of aryl methyl sites for hydroxylation is 1. The summed E-state index contributed by atoms with van der Waals surface area (Å²) in [5.41, 5.74) is 1.88. The Labute approximate surface area is 217 Å². The molecule has 3 aromatic carbocycles. The first-order valence-corrected chi connectivity index (χ1v) is 13.2. The number of unbranched alkanes of at least 4 members (excludes halogenated alkanes) is 1. The molecule has 3 aromatic rings. The van der Waals surface area contributed by atoms with Crippen LogP contribution in [-0.2, 0) is 11.2 Å². The normalized spacial score (nSPS) is 18.0. The molecule has 0 N–H and O–H groups in total. The van der Waals surface area contributed by atoms with Gasteiger partial charge in [-0.2, -0.15) is 0 Å². The summed E-state index contributed by atoms with van der Waals surface area (Å²) in [6.45, 7) is 4.42. The summed E-state index contributed by atoms with van der Waals surface area (Å²) in [6, 6.07) is 12.8. The monoisotopic (exact) mass is 510 g/mol. The maximum absolute atomic E-state index is 15.1. The molecule has 0 bridgehead atoms. The van der Waals surface area contributed by atoms with Crippen molar-refractivity contribution in [2.75, 3.05) is 6.61 Å². The average Bonchev–Trinajstić information content (AvgIpc) is 2.92. The molecule has 0 radical (unpaired) electrons. The summed E-state index contributed by atoms with van der Waals surface area (Å²) >= 11 is 0. The Morgan fingerprint density at radius 2 is 1.46 bits per heavy atom. The van der Waals surface area contributed by atoms with Crippen LogP contribution in [0, 0.1) is 23.3 Å². The zero-order valence-electron chi connectivity index (χ0n) is 21.5. The number of benzene rings is 3. The van der Waals surface area contributed by atoms with E-state index in [2.05, 4.69) is 6.92 Å². The van der Waals surface area contributed by atoms with Gasteiger partial charge in [-0.05, 0) is 61.3 Å². The van der Waals surface area contributed by atoms with Crippen molar-refractivity contribution in [1.29, 1.82) is 0 Å². The summed E-state index contributed by atoms with van der Waals surface area (Å²) < 4.78 is 65.5. The number of hydrogen-bond donors (Lipinski definition) is 0. The van der Waals surface area contributed by atoms with E-state index in [4.69, 9.17) is 4.74 Å². The van der Waals surface area contributed by atoms with Gasteiger partial charge in [0.05, 0.1) is 12.7 Å². The molecule has 1 nitrogen and oxygen atoms in total. The van der Waals surface area contributed by atoms with Gasteiger partial charge in [-0.25, -0.2) is 17.6 Å². The smallest absolute Gasteiger partial charge is 0.166 e. The second-order valence-corrected chi connectivity index (χ2v) is 9.79. The van der Waals surface area contributed by atoms with Crippen molar-refractivity contribution in [1.82, 2.24) is 0 Å². The first-order valence-electron chi connectivity index (χ1n) is 13.2. The molecule has 2 unspecified atom stereocenters. The summed E-state index contributed by atoms with van der Waals surface area (Å²) in [6.07, 6.45) is 9.88. The van der Waals surface area contributed by atoms with Crippen LogP contribution in [0.2, 0.25) is 0 Å². The largest absolute Gasteiger partial charge is 0.378 e. The van der Waals surface area contributed by atoms with Crippen molar-refractivity contribution in [3.8, 4) is 22.3 Å². The highest BCUT2D eigenvalue weighted by atomic mass is 19.2. The van der Waals surface area contributed by atoms with Gasteiger partial charge in [0.2, 0.25) is 0 Å². The standard InChI is InChI=1S/C32H34F4O/c1-3-5-7-8-23-15-17-26(30(34)29(23)33)21-10-12-22(13-11-21)27-18-19-28(32(36)31(27)35)24-14-16-25(37-20-24)9-6-4-2/h3,5,10-13,15,17-19,24-25H,4,6-9,14,16,20H2,1-2H3/b5-3+. The number of allylic oxidation sites excluding steroid dienone is 2. The van der Waals surface area contributed by atoms with E-state index in [1.54, 1.807) is 48.5 Å². The van der Waals surface area contributed by atoms with Crippen molar-refractivity contribution in [2.45, 2.75) is 70.8 Å². The number of hydrogen-bond acceptors (Lipinski definition) is 1. The zero-order chi connectivity index (χ0) is 26.4. The Kier molecular flexibility index (Phi) is 9.20. The van der Waals surface area contributed by atoms with Crippen LogP contribution >= 0.6 is 0 Å². The molecule has 37 heavy (non-hydrogen) atoms. The maximum atomic E-state index is 15.1. The van der Waals surface area contributed by atoms with E-state index in [-0.39, 0.29) is 23.1 Å². The third-order valence-corrected chi connectivity index (χ3v) is 7.29. The quantitative estimate of drug-likeness (QED) is 0.206. The average molecular weight is 511 g/mol. The van der Waals surface area contributed by atoms with Crippen LogP contribution < -0.4 is 0 Å². The van der Waals surface area contributed by atoms with Gasteiger partial charge in [-0.1, -0.05) is 80.4 Å². The Bertz CT molecular complexity index is 1220. The first kappa shape index (κ1) is 27.1. The fourth-order valence-corrected chi connectivity index (χ4v) is 5.05. The van der Waals surface area contributed by atoms with Gasteiger partial charge in [0, 0.05) is 17.0 Å². The molecular formula is C32H34F4O. The van der Waals surface area contributed by atoms with Crippen molar-refractivity contribution >= 4 is 0 Å². The molecule has 1 fully saturated rings. The minimum atomic E-state index is -0.904. The highest BCUT2D eigenvalue weighted by molar-refractivity contribution is 5.71. The van der Waals surface area contributed by atoms with Crippen molar-refractivity contribution in [3.63, 3.8) is 0 Å². The Balaban J connectivity index is 1.50. The van der Waals surface area contributed by atoms with Crippen LogP contribution in [0.1, 0.15) is 69.4 Å². The fourth-order valence-electron chi connectivity index (χ4n) is 5.05. The maximum Gasteiger partial charge on any atom is 0.166 e. The third-order valence-electron chi connectivity index (χ3n) is 7.29. The predicted octanol–water partition coefficient (Wildman–Crippen LogP) is 9.54. The molecular weight excluding hydrogens is 476 g/mol. The van der Waals surface area contributed by atoms with Crippen LogP contribution in [0.25, 0.3) is 22.3 Å². The lowest BCUT2D eigenvalue weighted by atomic mass is 9.88. The number of halogens is 4. The second-order valence-electron chi connectivity index (χ2n) is 9.79. The summed E-state index contributed by atoms with van der Waals surface area (Å²) in [4.78, 5) is 0. The second kappa shape index (κ2) is 12.6. The highest BCUT2D eigenvalue weighted by Crippen LogP contribution is 2.36. The third kappa shape index (κ3) is 6.15. The van der Waals surface area contributed by atoms with Crippen LogP contribution in [0.15, 0.2) is 60.7 Å². The van der Waals surface area contributed by atoms with E-state index in [0.717, 1.165) is 32.1 Å². The van der Waals surface area contributed by atoms with Crippen molar-refractivity contribution in [3.05, 3.63) is 95.1 Å². The highest BCUT2D eigenvalue weighted by Gasteiger charge is 2.27. The lowest BCUT2D eigenvalue weighted by Gasteiger charge is -2.29. The summed E-state index contributed by atoms with van der Waals surface area (Å²) in [5, 5.41) is 0. The number of ether oxygens (including phenoxy) is 1. The molecule has 1 aliphatic rings. The minimum Gasteiger partial charge on any atom is -0.378 e. The van der Waals surface area contributed by atoms with Gasteiger partial charge < -0.3 is 4.74 Å². The molecule has 1 heterocycles. The fraction of sp³-hybridized carbons (Fsp3) is 0.375. The van der Waals surface area contributed by atoms with E-state index < -0.39 is 23.3 Å². The molecule has 0 aromatic heterocycles. The topological polar surface area (TPSA) is 9.23 Å². The molecule has 196 valence electrons. The molecule has 0 aliphatic carbocycles. The SMILES string of the molecule is C/C=C/CCc1ccc(-c2ccc(-c3ccc(C4CCC(CCCC)OC4)c(F)c3F)cc2)c(F)c1F. The Hall–Kier alpha value is -2.92. The van der Waals surface area contributed by atoms with Crippen LogP contribution in [0.3, 0.4) is 0 Å². The van der Waals surface area contributed by atoms with Crippen LogP contribution in [-0.4, -0.2) is 12.7 Å². The molecule has 0 spiro atoms. The van der Waals surface area contributed by atoms with Gasteiger partial charge >= 0.3 is 0 Å². The zero-order valence-corrected chi connectivity index (χ0v) is 21.5. The lowest BCUT2D eigenvalue weighted by molar-refractivity contribution is -0.00258. The van der Waals surface area contributed by atoms with Gasteiger partial charge in [0.15, 0.2) is 23.3 Å². The Morgan fingerprint density at radius 3 is 2.05 bits per heavy atom. The summed E-state index contributed by atoms with van der Waals surface area (Å²) in [7, 11) is 0. The molecule has 2 atom stereocenters.